The van der Waals surface area contributed by atoms with Crippen LogP contribution in [0.3, 0.4) is 0 Å². The second kappa shape index (κ2) is 8.02. The van der Waals surface area contributed by atoms with Gasteiger partial charge >= 0.3 is 0 Å². The van der Waals surface area contributed by atoms with Crippen molar-refractivity contribution < 1.29 is 0 Å². The fraction of sp³-hybridized carbons (Fsp3) is 0.471. The lowest BCUT2D eigenvalue weighted by molar-refractivity contribution is 0.532. The number of nitrogens with one attached hydrogen (secondary N) is 1. The number of aromatic nitrogens is 1. The molecule has 1 aromatic heterocycles. The van der Waals surface area contributed by atoms with Crippen LogP contribution in [0.5, 0.6) is 0 Å². The zero-order valence-corrected chi connectivity index (χ0v) is 12.9. The number of hydrogen-bond donors (Lipinski definition) is 2. The molecule has 1 heterocycles. The van der Waals surface area contributed by atoms with E-state index in [-0.39, 0.29) is 7.43 Å². The number of nitrogens with two attached hydrogens (primary N) is 1. The largest absolute Gasteiger partial charge is 0.375 e. The molecule has 0 bridgehead atoms. The van der Waals surface area contributed by atoms with Crippen LogP contribution in [0.25, 0.3) is 10.2 Å². The van der Waals surface area contributed by atoms with E-state index >= 15 is 0 Å². The van der Waals surface area contributed by atoms with Gasteiger partial charge in [0.1, 0.15) is 0 Å². The predicted octanol–water partition coefficient (Wildman–Crippen LogP) is 3.62. The van der Waals surface area contributed by atoms with Gasteiger partial charge in [0.2, 0.25) is 0 Å². The van der Waals surface area contributed by atoms with Gasteiger partial charge in [-0.3, -0.25) is 0 Å². The maximum atomic E-state index is 5.74. The second-order valence-corrected chi connectivity index (χ2v) is 6.05. The normalized spacial score (nSPS) is 15.6. The highest BCUT2D eigenvalue weighted by atomic mass is 32.1. The van der Waals surface area contributed by atoms with Crippen molar-refractivity contribution in [3.8, 4) is 12.3 Å². The molecular weight excluding hydrogens is 278 g/mol. The van der Waals surface area contributed by atoms with Crippen LogP contribution in [0, 0.1) is 12.3 Å². The van der Waals surface area contributed by atoms with E-state index in [9.17, 15) is 0 Å². The van der Waals surface area contributed by atoms with Crippen LogP contribution < -0.4 is 11.1 Å². The molecule has 1 aromatic carbocycles. The summed E-state index contributed by atoms with van der Waals surface area (Å²) in [5.74, 6) is 2.25. The third kappa shape index (κ3) is 4.20. The Morgan fingerprint density at radius 2 is 2.05 bits per heavy atom. The number of nitrogens with zero attached hydrogens (tertiary/aromatic N) is 1. The third-order valence-corrected chi connectivity index (χ3v) is 4.19. The molecule has 0 amide bonds. The van der Waals surface area contributed by atoms with Gasteiger partial charge in [0, 0.05) is 6.04 Å². The molecule has 21 heavy (non-hydrogen) atoms. The minimum atomic E-state index is 0. The van der Waals surface area contributed by atoms with Gasteiger partial charge in [-0.15, -0.1) is 12.3 Å². The van der Waals surface area contributed by atoms with Crippen molar-refractivity contribution in [2.75, 3.05) is 12.3 Å². The van der Waals surface area contributed by atoms with Crippen molar-refractivity contribution in [1.82, 2.24) is 10.3 Å². The van der Waals surface area contributed by atoms with Gasteiger partial charge in [-0.25, -0.2) is 4.98 Å². The van der Waals surface area contributed by atoms with Gasteiger partial charge < -0.3 is 11.1 Å². The maximum absolute atomic E-state index is 5.74. The fourth-order valence-corrected chi connectivity index (χ4v) is 3.33. The molecule has 1 aliphatic rings. The SMILES string of the molecule is C.C#CC.CCCN[C@@H]1Cc2cc3nc(N)sc3cc2C1. The van der Waals surface area contributed by atoms with Gasteiger partial charge in [0.25, 0.3) is 0 Å². The molecule has 114 valence electrons. The van der Waals surface area contributed by atoms with Crippen LogP contribution >= 0.6 is 11.3 Å². The fourth-order valence-electron chi connectivity index (χ4n) is 2.55. The van der Waals surface area contributed by atoms with Gasteiger partial charge in [-0.2, -0.15) is 0 Å². The molecule has 3 nitrogen and oxygen atoms in total. The summed E-state index contributed by atoms with van der Waals surface area (Å²) in [4.78, 5) is 4.35. The number of hydrogen-bond acceptors (Lipinski definition) is 4. The summed E-state index contributed by atoms with van der Waals surface area (Å²) < 4.78 is 1.22. The van der Waals surface area contributed by atoms with Crippen LogP contribution in [0.4, 0.5) is 5.13 Å². The van der Waals surface area contributed by atoms with Crippen LogP contribution in [0.1, 0.15) is 38.8 Å². The molecule has 1 atom stereocenters. The Morgan fingerprint density at radius 1 is 1.43 bits per heavy atom. The van der Waals surface area contributed by atoms with Crippen molar-refractivity contribution in [3.63, 3.8) is 0 Å². The number of nitrogen functional groups attached to an aromatic ring is 1. The van der Waals surface area contributed by atoms with E-state index in [0.29, 0.717) is 11.2 Å². The van der Waals surface area contributed by atoms with Gasteiger partial charge in [-0.05, 0) is 56.0 Å². The van der Waals surface area contributed by atoms with Crippen molar-refractivity contribution in [2.45, 2.75) is 46.6 Å². The van der Waals surface area contributed by atoms with Crippen LogP contribution in [-0.4, -0.2) is 17.6 Å². The summed E-state index contributed by atoms with van der Waals surface area (Å²) in [6.45, 7) is 4.97. The first-order chi connectivity index (χ1) is 9.67. The standard InChI is InChI=1S/C13H17N3S.C3H4.CH4/c1-2-3-15-10-4-8-6-11-12(7-9(8)5-10)17-13(14)16-11;1-3-2;/h6-7,10,15H,2-5H2,1H3,(H2,14,16);1H,2H3;1H4/t10-;;/m1../s1. The smallest absolute Gasteiger partial charge is 0.181 e. The average molecular weight is 303 g/mol. The summed E-state index contributed by atoms with van der Waals surface area (Å²) in [5, 5.41) is 4.27. The van der Waals surface area contributed by atoms with Gasteiger partial charge in [0.05, 0.1) is 10.2 Å². The zero-order valence-electron chi connectivity index (χ0n) is 12.1. The first-order valence-electron chi connectivity index (χ1n) is 6.96. The Kier molecular flexibility index (Phi) is 6.67. The summed E-state index contributed by atoms with van der Waals surface area (Å²) in [7, 11) is 0. The summed E-state index contributed by atoms with van der Waals surface area (Å²) in [6, 6.07) is 5.09. The van der Waals surface area contributed by atoms with E-state index in [1.807, 2.05) is 0 Å². The van der Waals surface area contributed by atoms with Crippen molar-refractivity contribution in [1.29, 1.82) is 0 Å². The first-order valence-corrected chi connectivity index (χ1v) is 7.78. The molecule has 1 aliphatic carbocycles. The minimum Gasteiger partial charge on any atom is -0.375 e. The highest BCUT2D eigenvalue weighted by molar-refractivity contribution is 7.22. The van der Waals surface area contributed by atoms with E-state index < -0.39 is 0 Å². The molecular formula is C17H25N3S. The Hall–Kier alpha value is -1.57. The average Bonchev–Trinajstić information content (AvgIpc) is 2.95. The quantitative estimate of drug-likeness (QED) is 0.852. The Bertz CT molecular complexity index is 582. The molecule has 3 rings (SSSR count). The van der Waals surface area contributed by atoms with E-state index in [4.69, 9.17) is 5.73 Å². The molecule has 0 aliphatic heterocycles. The van der Waals surface area contributed by atoms with Crippen molar-refractivity contribution in [2.24, 2.45) is 0 Å². The highest BCUT2D eigenvalue weighted by Crippen LogP contribution is 2.31. The van der Waals surface area contributed by atoms with Crippen LogP contribution in [-0.2, 0) is 12.8 Å². The Morgan fingerprint density at radius 3 is 2.67 bits per heavy atom. The lowest BCUT2D eigenvalue weighted by Crippen LogP contribution is -2.29. The zero-order chi connectivity index (χ0) is 14.5. The number of rotatable bonds is 3. The van der Waals surface area contributed by atoms with Crippen molar-refractivity contribution in [3.05, 3.63) is 23.3 Å². The predicted molar refractivity (Wildman–Crippen MR) is 94.8 cm³/mol. The van der Waals surface area contributed by atoms with E-state index in [1.165, 1.54) is 22.2 Å². The number of thiazole rings is 1. The Balaban J connectivity index is 0.000000510. The number of terminal acetylenes is 1. The number of anilines is 1. The molecule has 0 saturated heterocycles. The summed E-state index contributed by atoms with van der Waals surface area (Å²) in [6.07, 6.45) is 8.06. The Labute approximate surface area is 132 Å². The molecule has 0 fully saturated rings. The maximum Gasteiger partial charge on any atom is 0.181 e. The van der Waals surface area contributed by atoms with E-state index in [0.717, 1.165) is 24.9 Å². The molecule has 0 unspecified atom stereocenters. The highest BCUT2D eigenvalue weighted by Gasteiger charge is 2.21. The molecule has 3 N–H and O–H groups in total. The first kappa shape index (κ1) is 17.5. The number of fused-ring (bicyclic) bond motifs is 2. The lowest BCUT2D eigenvalue weighted by Gasteiger charge is -2.09. The van der Waals surface area contributed by atoms with E-state index in [1.54, 1.807) is 18.3 Å². The monoisotopic (exact) mass is 303 g/mol. The second-order valence-electron chi connectivity index (χ2n) is 4.99. The molecule has 2 aromatic rings. The minimum absolute atomic E-state index is 0. The molecule has 0 radical (unpaired) electrons. The summed E-state index contributed by atoms with van der Waals surface area (Å²) in [5.41, 5.74) is 9.70. The summed E-state index contributed by atoms with van der Waals surface area (Å²) >= 11 is 1.58. The third-order valence-electron chi connectivity index (χ3n) is 3.34. The van der Waals surface area contributed by atoms with E-state index in [2.05, 4.69) is 41.7 Å². The molecule has 0 spiro atoms. The van der Waals surface area contributed by atoms with Crippen LogP contribution in [0.2, 0.25) is 0 Å². The lowest BCUT2D eigenvalue weighted by atomic mass is 10.1. The van der Waals surface area contributed by atoms with Gasteiger partial charge in [-0.1, -0.05) is 25.7 Å². The topological polar surface area (TPSA) is 50.9 Å². The molecule has 0 saturated carbocycles. The molecule has 4 heteroatoms. The van der Waals surface area contributed by atoms with Gasteiger partial charge in [0.15, 0.2) is 5.13 Å². The number of benzene rings is 1. The van der Waals surface area contributed by atoms with Crippen molar-refractivity contribution >= 4 is 26.7 Å². The van der Waals surface area contributed by atoms with Crippen LogP contribution in [0.15, 0.2) is 12.1 Å².